The van der Waals surface area contributed by atoms with Gasteiger partial charge in [0.05, 0.1) is 18.1 Å². The van der Waals surface area contributed by atoms with Crippen LogP contribution >= 0.6 is 0 Å². The van der Waals surface area contributed by atoms with E-state index < -0.39 is 6.10 Å². The van der Waals surface area contributed by atoms with Gasteiger partial charge in [0.1, 0.15) is 11.7 Å². The quantitative estimate of drug-likeness (QED) is 0.584. The first kappa shape index (κ1) is 19.5. The lowest BCUT2D eigenvalue weighted by Crippen LogP contribution is -2.54. The average molecular weight is 401 g/mol. The Balaban J connectivity index is 1.25. The number of fused-ring (bicyclic) bond motifs is 2. The maximum absolute atomic E-state index is 12.7. The van der Waals surface area contributed by atoms with E-state index in [9.17, 15) is 9.90 Å². The van der Waals surface area contributed by atoms with E-state index in [0.29, 0.717) is 19.0 Å². The number of nitrogens with zero attached hydrogens (tertiary/aromatic N) is 1. The number of aliphatic hydroxyl groups is 1. The van der Waals surface area contributed by atoms with Gasteiger partial charge in [-0.1, -0.05) is 26.3 Å². The Labute approximate surface area is 172 Å². The Kier molecular flexibility index (Phi) is 4.53. The smallest absolute Gasteiger partial charge is 0.311 e. The molecule has 2 saturated carbocycles. The first-order valence-electron chi connectivity index (χ1n) is 11.1. The number of carbonyl (C=O) groups excluding carboxylic acids is 1. The van der Waals surface area contributed by atoms with Gasteiger partial charge in [0.15, 0.2) is 0 Å². The molecule has 0 amide bonds. The van der Waals surface area contributed by atoms with Crippen molar-refractivity contribution in [3.05, 3.63) is 29.6 Å². The molecule has 4 fully saturated rings. The minimum absolute atomic E-state index is 0.0311. The van der Waals surface area contributed by atoms with E-state index in [1.807, 2.05) is 19.1 Å². The van der Waals surface area contributed by atoms with Crippen LogP contribution in [0.1, 0.15) is 56.9 Å². The molecule has 3 heterocycles. The van der Waals surface area contributed by atoms with E-state index in [1.54, 1.807) is 6.20 Å². The molecule has 0 aromatic carbocycles. The summed E-state index contributed by atoms with van der Waals surface area (Å²) in [6.07, 6.45) is 5.67. The fourth-order valence-corrected chi connectivity index (χ4v) is 6.64. The summed E-state index contributed by atoms with van der Waals surface area (Å²) < 4.78 is 12.3. The molecular formula is C23H32N2O4. The summed E-state index contributed by atoms with van der Waals surface area (Å²) in [7, 11) is 0. The number of ether oxygens (including phenoxy) is 2. The van der Waals surface area contributed by atoms with E-state index >= 15 is 0 Å². The molecule has 2 saturated heterocycles. The second-order valence-corrected chi connectivity index (χ2v) is 9.96. The summed E-state index contributed by atoms with van der Waals surface area (Å²) in [4.78, 5) is 16.9. The van der Waals surface area contributed by atoms with E-state index in [1.165, 1.54) is 12.8 Å². The normalized spacial score (nSPS) is 43.7. The summed E-state index contributed by atoms with van der Waals surface area (Å²) >= 11 is 0. The third-order valence-corrected chi connectivity index (χ3v) is 8.21. The zero-order chi connectivity index (χ0) is 20.4. The molecular weight excluding hydrogens is 368 g/mol. The van der Waals surface area contributed by atoms with Crippen LogP contribution < -0.4 is 5.32 Å². The lowest BCUT2D eigenvalue weighted by atomic mass is 9.53. The number of hydrogen-bond acceptors (Lipinski definition) is 6. The number of hydrogen-bond donors (Lipinski definition) is 2. The number of aromatic nitrogens is 1. The molecule has 158 valence electrons. The number of epoxide rings is 1. The third-order valence-electron chi connectivity index (χ3n) is 8.21. The first-order valence-corrected chi connectivity index (χ1v) is 11.1. The van der Waals surface area contributed by atoms with Crippen LogP contribution in [0.15, 0.2) is 18.3 Å². The van der Waals surface area contributed by atoms with Crippen LogP contribution in [0.2, 0.25) is 0 Å². The highest BCUT2D eigenvalue weighted by atomic mass is 16.6. The van der Waals surface area contributed by atoms with Gasteiger partial charge in [-0.3, -0.25) is 9.78 Å². The van der Waals surface area contributed by atoms with Gasteiger partial charge < -0.3 is 19.9 Å². The highest BCUT2D eigenvalue weighted by molar-refractivity contribution is 5.76. The van der Waals surface area contributed by atoms with E-state index in [0.717, 1.165) is 24.1 Å². The molecule has 29 heavy (non-hydrogen) atoms. The van der Waals surface area contributed by atoms with Crippen molar-refractivity contribution in [2.45, 2.75) is 70.4 Å². The SMILES string of the molecule is Cc1ccc(C(O)CNCC2C(=O)OC3CC4(C)CCCC(C)C45OC5C32)cn1. The summed E-state index contributed by atoms with van der Waals surface area (Å²) in [6, 6.07) is 3.79. The van der Waals surface area contributed by atoms with E-state index in [-0.39, 0.29) is 41.0 Å². The van der Waals surface area contributed by atoms with Crippen LogP contribution in [0.4, 0.5) is 0 Å². The Morgan fingerprint density at radius 1 is 1.41 bits per heavy atom. The Bertz CT molecular complexity index is 799. The molecule has 2 N–H and O–H groups in total. The molecule has 2 aliphatic carbocycles. The predicted molar refractivity (Wildman–Crippen MR) is 107 cm³/mol. The van der Waals surface area contributed by atoms with E-state index in [4.69, 9.17) is 9.47 Å². The van der Waals surface area contributed by atoms with Crippen LogP contribution in [0.25, 0.3) is 0 Å². The van der Waals surface area contributed by atoms with Gasteiger partial charge in [-0.2, -0.15) is 0 Å². The highest BCUT2D eigenvalue weighted by Crippen LogP contribution is 2.70. The van der Waals surface area contributed by atoms with Crippen LogP contribution in [-0.4, -0.2) is 47.0 Å². The molecule has 5 rings (SSSR count). The summed E-state index contributed by atoms with van der Waals surface area (Å²) in [5.74, 6) is 0.347. The zero-order valence-electron chi connectivity index (χ0n) is 17.6. The van der Waals surface area contributed by atoms with Crippen LogP contribution in [-0.2, 0) is 14.3 Å². The second-order valence-electron chi connectivity index (χ2n) is 9.96. The zero-order valence-corrected chi connectivity index (χ0v) is 17.6. The van der Waals surface area contributed by atoms with Crippen molar-refractivity contribution in [1.29, 1.82) is 0 Å². The van der Waals surface area contributed by atoms with Crippen molar-refractivity contribution in [2.75, 3.05) is 13.1 Å². The summed E-state index contributed by atoms with van der Waals surface area (Å²) in [5, 5.41) is 13.7. The molecule has 8 unspecified atom stereocenters. The molecule has 4 aliphatic rings. The predicted octanol–water partition coefficient (Wildman–Crippen LogP) is 2.54. The number of pyridine rings is 1. The Morgan fingerprint density at radius 2 is 2.24 bits per heavy atom. The van der Waals surface area contributed by atoms with E-state index in [2.05, 4.69) is 24.1 Å². The molecule has 1 aromatic rings. The standard InChI is InChI=1S/C23H32N2O4/c1-13-5-4-8-22(3)9-18-19(20-23(13,22)29-20)16(21(27)28-18)11-24-12-17(26)15-7-6-14(2)25-10-15/h6-7,10,13,16-20,24,26H,4-5,8-9,11-12H2,1-3H3. The van der Waals surface area contributed by atoms with Crippen molar-refractivity contribution in [1.82, 2.24) is 10.3 Å². The number of aryl methyl sites for hydroxylation is 1. The third kappa shape index (κ3) is 2.87. The van der Waals surface area contributed by atoms with Gasteiger partial charge >= 0.3 is 5.97 Å². The van der Waals surface area contributed by atoms with Gasteiger partial charge in [-0.15, -0.1) is 0 Å². The van der Waals surface area contributed by atoms with Gasteiger partial charge in [-0.25, -0.2) is 0 Å². The highest BCUT2D eigenvalue weighted by Gasteiger charge is 2.78. The van der Waals surface area contributed by atoms with Crippen LogP contribution in [0.5, 0.6) is 0 Å². The molecule has 0 bridgehead atoms. The molecule has 1 spiro atoms. The van der Waals surface area contributed by atoms with Gasteiger partial charge in [0, 0.05) is 41.9 Å². The van der Waals surface area contributed by atoms with Gasteiger partial charge in [0.2, 0.25) is 0 Å². The number of aliphatic hydroxyl groups excluding tert-OH is 1. The molecule has 0 radical (unpaired) electrons. The lowest BCUT2D eigenvalue weighted by molar-refractivity contribution is -0.146. The summed E-state index contributed by atoms with van der Waals surface area (Å²) in [5.41, 5.74) is 1.76. The van der Waals surface area contributed by atoms with Gasteiger partial charge in [0.25, 0.3) is 0 Å². The second kappa shape index (κ2) is 6.76. The fourth-order valence-electron chi connectivity index (χ4n) is 6.64. The molecule has 6 nitrogen and oxygen atoms in total. The largest absolute Gasteiger partial charge is 0.462 e. The van der Waals surface area contributed by atoms with Crippen LogP contribution in [0.3, 0.4) is 0 Å². The first-order chi connectivity index (χ1) is 13.9. The van der Waals surface area contributed by atoms with Crippen molar-refractivity contribution < 1.29 is 19.4 Å². The maximum atomic E-state index is 12.7. The topological polar surface area (TPSA) is 84.0 Å². The van der Waals surface area contributed by atoms with Crippen molar-refractivity contribution in [3.8, 4) is 0 Å². The summed E-state index contributed by atoms with van der Waals surface area (Å²) in [6.45, 7) is 7.47. The van der Waals surface area contributed by atoms with Crippen molar-refractivity contribution in [3.63, 3.8) is 0 Å². The van der Waals surface area contributed by atoms with Gasteiger partial charge in [-0.05, 0) is 38.2 Å². The maximum Gasteiger partial charge on any atom is 0.311 e. The monoisotopic (exact) mass is 400 g/mol. The number of esters is 1. The molecule has 6 heteroatoms. The van der Waals surface area contributed by atoms with Crippen molar-refractivity contribution >= 4 is 5.97 Å². The average Bonchev–Trinajstić information content (AvgIpc) is 3.36. The lowest BCUT2D eigenvalue weighted by Gasteiger charge is -2.48. The number of nitrogens with one attached hydrogen (secondary N) is 1. The number of rotatable bonds is 5. The number of carbonyl (C=O) groups is 1. The minimum Gasteiger partial charge on any atom is -0.462 e. The minimum atomic E-state index is -0.646. The van der Waals surface area contributed by atoms with Crippen LogP contribution in [0, 0.1) is 30.1 Å². The Morgan fingerprint density at radius 3 is 3.00 bits per heavy atom. The Hall–Kier alpha value is -1.50. The van der Waals surface area contributed by atoms with Crippen molar-refractivity contribution in [2.24, 2.45) is 23.2 Å². The molecule has 8 atom stereocenters. The molecule has 2 aliphatic heterocycles. The fraction of sp³-hybridized carbons (Fsp3) is 0.739. The molecule has 1 aromatic heterocycles.